The van der Waals surface area contributed by atoms with Gasteiger partial charge in [0.15, 0.2) is 23.1 Å². The van der Waals surface area contributed by atoms with Gasteiger partial charge in [-0.2, -0.15) is 0 Å². The number of hydrogen-bond donors (Lipinski definition) is 1. The van der Waals surface area contributed by atoms with E-state index < -0.39 is 23.7 Å². The second-order valence-electron chi connectivity index (χ2n) is 10.7. The third-order valence-electron chi connectivity index (χ3n) is 8.58. The summed E-state index contributed by atoms with van der Waals surface area (Å²) in [4.78, 5) is 55.8. The van der Waals surface area contributed by atoms with Crippen LogP contribution in [0.15, 0.2) is 64.8 Å². The highest BCUT2D eigenvalue weighted by atomic mass is 127. The number of carbonyl (C=O) groups is 4. The molecule has 0 unspecified atom stereocenters. The van der Waals surface area contributed by atoms with Crippen molar-refractivity contribution >= 4 is 63.3 Å². The zero-order chi connectivity index (χ0) is 28.6. The van der Waals surface area contributed by atoms with E-state index in [0.29, 0.717) is 43.0 Å². The van der Waals surface area contributed by atoms with E-state index in [-0.39, 0.29) is 41.3 Å². The van der Waals surface area contributed by atoms with Crippen LogP contribution in [0.3, 0.4) is 0 Å². The molecule has 40 heavy (non-hydrogen) atoms. The summed E-state index contributed by atoms with van der Waals surface area (Å²) in [6.07, 6.45) is 3.87. The van der Waals surface area contributed by atoms with E-state index in [1.807, 2.05) is 35.6 Å². The summed E-state index contributed by atoms with van der Waals surface area (Å²) < 4.78 is 5.93. The number of imide groups is 1. The lowest BCUT2D eigenvalue weighted by molar-refractivity contribution is -0.123. The second kappa shape index (κ2) is 9.69. The minimum Gasteiger partial charge on any atom is -0.504 e. The van der Waals surface area contributed by atoms with Gasteiger partial charge in [0.25, 0.3) is 0 Å². The Kier molecular flexibility index (Phi) is 6.53. The van der Waals surface area contributed by atoms with Crippen molar-refractivity contribution in [2.75, 3.05) is 12.0 Å². The van der Waals surface area contributed by atoms with Crippen molar-refractivity contribution in [1.82, 2.24) is 0 Å². The van der Waals surface area contributed by atoms with Gasteiger partial charge in [0.05, 0.1) is 28.2 Å². The van der Waals surface area contributed by atoms with E-state index in [0.717, 1.165) is 11.1 Å². The monoisotopic (exact) mass is 669 g/mol. The Morgan fingerprint density at radius 3 is 2.50 bits per heavy atom. The Morgan fingerprint density at radius 1 is 1.05 bits per heavy atom. The highest BCUT2D eigenvalue weighted by Crippen LogP contribution is 2.56. The van der Waals surface area contributed by atoms with Gasteiger partial charge in [0.1, 0.15) is 0 Å². The second-order valence-corrected chi connectivity index (χ2v) is 12.3. The first-order valence-electron chi connectivity index (χ1n) is 12.9. The number of phenols is 1. The van der Waals surface area contributed by atoms with E-state index in [4.69, 9.17) is 16.3 Å². The van der Waals surface area contributed by atoms with Crippen molar-refractivity contribution in [3.63, 3.8) is 0 Å². The summed E-state index contributed by atoms with van der Waals surface area (Å²) in [5, 5.41) is 11.0. The third-order valence-corrected chi connectivity index (χ3v) is 9.81. The fourth-order valence-corrected chi connectivity index (χ4v) is 7.45. The molecule has 3 aliphatic carbocycles. The number of hydrogen-bond acceptors (Lipinski definition) is 6. The van der Waals surface area contributed by atoms with Crippen molar-refractivity contribution in [3.05, 3.63) is 84.5 Å². The van der Waals surface area contributed by atoms with Crippen LogP contribution in [-0.2, 0) is 19.2 Å². The number of carbonyl (C=O) groups excluding carboxylic acids is 4. The molecule has 0 bridgehead atoms. The van der Waals surface area contributed by atoms with E-state index in [1.54, 1.807) is 37.3 Å². The minimum absolute atomic E-state index is 0.0168. The predicted molar refractivity (Wildman–Crippen MR) is 157 cm³/mol. The number of allylic oxidation sites excluding steroid dienone is 6. The number of methoxy groups -OCH3 is 1. The molecule has 1 heterocycles. The molecule has 0 saturated carbocycles. The van der Waals surface area contributed by atoms with Crippen molar-refractivity contribution < 1.29 is 29.0 Å². The van der Waals surface area contributed by atoms with Gasteiger partial charge in [-0.1, -0.05) is 29.3 Å². The number of amides is 2. The van der Waals surface area contributed by atoms with Crippen LogP contribution in [-0.4, -0.2) is 35.6 Å². The fraction of sp³-hybridized carbons (Fsp3) is 0.290. The Balaban J connectivity index is 1.50. The summed E-state index contributed by atoms with van der Waals surface area (Å²) in [6, 6.07) is 8.57. The lowest BCUT2D eigenvalue weighted by atomic mass is 9.59. The number of rotatable bonds is 3. The Morgan fingerprint density at radius 2 is 1.80 bits per heavy atom. The Bertz CT molecular complexity index is 1650. The van der Waals surface area contributed by atoms with E-state index in [1.165, 1.54) is 18.1 Å². The zero-order valence-corrected chi connectivity index (χ0v) is 24.9. The number of anilines is 1. The van der Waals surface area contributed by atoms with E-state index >= 15 is 0 Å². The highest BCUT2D eigenvalue weighted by Gasteiger charge is 2.56. The molecule has 4 atom stereocenters. The topological polar surface area (TPSA) is 101 Å². The molecular weight excluding hydrogens is 645 g/mol. The molecule has 7 nitrogen and oxygen atoms in total. The summed E-state index contributed by atoms with van der Waals surface area (Å²) in [7, 11) is 1.45. The number of benzene rings is 2. The van der Waals surface area contributed by atoms with Gasteiger partial charge < -0.3 is 9.84 Å². The van der Waals surface area contributed by atoms with Crippen molar-refractivity contribution in [3.8, 4) is 11.5 Å². The van der Waals surface area contributed by atoms with Gasteiger partial charge in [0.2, 0.25) is 11.8 Å². The maximum atomic E-state index is 14.0. The Hall–Kier alpha value is -3.24. The maximum Gasteiger partial charge on any atom is 0.238 e. The summed E-state index contributed by atoms with van der Waals surface area (Å²) in [5.41, 5.74) is 3.90. The quantitative estimate of drug-likeness (QED) is 0.198. The van der Waals surface area contributed by atoms with Crippen LogP contribution in [0.2, 0.25) is 5.02 Å². The smallest absolute Gasteiger partial charge is 0.238 e. The Labute approximate surface area is 249 Å². The first-order chi connectivity index (χ1) is 19.0. The molecule has 4 aliphatic rings. The molecule has 204 valence electrons. The number of halogens is 2. The number of aryl methyl sites for hydroxylation is 1. The van der Waals surface area contributed by atoms with Crippen LogP contribution in [0.4, 0.5) is 5.69 Å². The third kappa shape index (κ3) is 3.90. The maximum absolute atomic E-state index is 14.0. The number of phenolic OH excluding ortho intramolecular Hbond substituents is 1. The van der Waals surface area contributed by atoms with Gasteiger partial charge >= 0.3 is 0 Å². The van der Waals surface area contributed by atoms with Crippen LogP contribution in [0, 0.1) is 28.2 Å². The molecule has 9 heteroatoms. The number of fused-ring (bicyclic) bond motifs is 3. The summed E-state index contributed by atoms with van der Waals surface area (Å²) in [5.74, 6) is -3.19. The standard InChI is InChI=1S/C31H25ClINO6/c1-13-4-5-16(11-21(13)32)34-30(38)18-7-6-17-19(26(18)31(34)39)12-20-27(23(35)8-14(2)28(20)36)25(17)15-9-22(33)29(37)24(10-15)40-3/h4-6,8-11,18-19,25-26,37H,7,12H2,1-3H3/t18-,19+,25-,26-/m0/s1. The molecular formula is C31H25ClINO6. The number of ether oxygens (including phenoxy) is 1. The van der Waals surface area contributed by atoms with Crippen LogP contribution in [0.25, 0.3) is 0 Å². The van der Waals surface area contributed by atoms with Crippen LogP contribution in [0.5, 0.6) is 11.5 Å². The molecule has 1 saturated heterocycles. The normalized spacial score (nSPS) is 25.9. The zero-order valence-electron chi connectivity index (χ0n) is 22.0. The predicted octanol–water partition coefficient (Wildman–Crippen LogP) is 5.60. The average Bonchev–Trinajstić information content (AvgIpc) is 3.18. The molecule has 0 spiro atoms. The highest BCUT2D eigenvalue weighted by molar-refractivity contribution is 14.1. The number of aromatic hydroxyl groups is 1. The molecule has 2 amide bonds. The van der Waals surface area contributed by atoms with Gasteiger partial charge in [-0.3, -0.25) is 19.2 Å². The largest absolute Gasteiger partial charge is 0.504 e. The van der Waals surface area contributed by atoms with Gasteiger partial charge in [-0.15, -0.1) is 0 Å². The summed E-state index contributed by atoms with van der Waals surface area (Å²) in [6.45, 7) is 3.47. The van der Waals surface area contributed by atoms with Gasteiger partial charge in [0, 0.05) is 27.7 Å². The molecule has 1 aliphatic heterocycles. The van der Waals surface area contributed by atoms with Crippen LogP contribution < -0.4 is 9.64 Å². The van der Waals surface area contributed by atoms with Crippen molar-refractivity contribution in [1.29, 1.82) is 0 Å². The van der Waals surface area contributed by atoms with Crippen LogP contribution in [0.1, 0.15) is 36.8 Å². The fourth-order valence-electron chi connectivity index (χ4n) is 6.65. The molecule has 2 aromatic carbocycles. The first kappa shape index (κ1) is 27.0. The lowest BCUT2D eigenvalue weighted by Crippen LogP contribution is -2.39. The van der Waals surface area contributed by atoms with E-state index in [9.17, 15) is 24.3 Å². The number of Topliss-reactive ketones (excluding diaryl/α,β-unsaturated/α-hetero) is 1. The molecule has 1 N–H and O–H groups in total. The summed E-state index contributed by atoms with van der Waals surface area (Å²) >= 11 is 8.34. The SMILES string of the molecule is COc1cc([C@H]2C3=CC[C@@H]4C(=O)N(c5ccc(C)c(Cl)c5)C(=O)[C@@H]4[C@@H]3CC3=C2C(=O)C=C(C)C3=O)cc(I)c1O. The average molecular weight is 670 g/mol. The van der Waals surface area contributed by atoms with E-state index in [2.05, 4.69) is 0 Å². The molecule has 1 fully saturated rings. The number of ketones is 2. The van der Waals surface area contributed by atoms with Gasteiger partial charge in [-0.25, -0.2) is 4.90 Å². The van der Waals surface area contributed by atoms with Gasteiger partial charge in [-0.05, 0) is 96.7 Å². The van der Waals surface area contributed by atoms with Crippen LogP contribution >= 0.6 is 34.2 Å². The molecule has 0 aromatic heterocycles. The van der Waals surface area contributed by atoms with Crippen molar-refractivity contribution in [2.45, 2.75) is 32.6 Å². The molecule has 0 radical (unpaired) electrons. The molecule has 2 aromatic rings. The first-order valence-corrected chi connectivity index (χ1v) is 14.4. The van der Waals surface area contributed by atoms with Crippen molar-refractivity contribution in [2.24, 2.45) is 17.8 Å². The number of nitrogens with zero attached hydrogens (tertiary/aromatic N) is 1. The minimum atomic E-state index is -0.684. The molecule has 6 rings (SSSR count). The lowest BCUT2D eigenvalue weighted by Gasteiger charge is -2.42.